The van der Waals surface area contributed by atoms with Crippen LogP contribution in [0.15, 0.2) is 22.7 Å². The molecule has 1 N–H and O–H groups in total. The molecule has 0 aliphatic carbocycles. The van der Waals surface area contributed by atoms with E-state index < -0.39 is 16.8 Å². The Morgan fingerprint density at radius 1 is 1.53 bits per heavy atom. The Labute approximate surface area is 118 Å². The number of anilines is 1. The highest BCUT2D eigenvalue weighted by Crippen LogP contribution is 2.36. The minimum Gasteiger partial charge on any atom is -0.481 e. The van der Waals surface area contributed by atoms with E-state index in [1.54, 1.807) is 17.0 Å². The monoisotopic (exact) mass is 328 g/mol. The third-order valence-electron chi connectivity index (χ3n) is 3.40. The number of aliphatic carboxylic acids is 1. The van der Waals surface area contributed by atoms with Gasteiger partial charge in [0, 0.05) is 23.6 Å². The summed E-state index contributed by atoms with van der Waals surface area (Å²) in [4.78, 5) is 23.5. The van der Waals surface area contributed by atoms with E-state index in [0.717, 1.165) is 0 Å². The largest absolute Gasteiger partial charge is 0.481 e. The predicted molar refractivity (Wildman–Crippen MR) is 73.3 cm³/mol. The van der Waals surface area contributed by atoms with Gasteiger partial charge in [-0.15, -0.1) is 0 Å². The molecule has 2 atom stereocenters. The minimum atomic E-state index is -0.852. The van der Waals surface area contributed by atoms with Gasteiger partial charge in [-0.25, -0.2) is 0 Å². The van der Waals surface area contributed by atoms with Gasteiger partial charge in [-0.2, -0.15) is 0 Å². The number of carboxylic acids is 1. The van der Waals surface area contributed by atoms with E-state index >= 15 is 0 Å². The number of nitro benzene ring substituents is 1. The maximum absolute atomic E-state index is 11.1. The summed E-state index contributed by atoms with van der Waals surface area (Å²) in [5, 5.41) is 20.2. The highest BCUT2D eigenvalue weighted by atomic mass is 79.9. The SMILES string of the molecule is CC1CN(c2ccc(Br)cc2[N+](=O)[O-])CC1C(=O)O. The molecule has 0 amide bonds. The molecule has 0 aromatic heterocycles. The van der Waals surface area contributed by atoms with Gasteiger partial charge in [0.2, 0.25) is 0 Å². The maximum atomic E-state index is 11.1. The Morgan fingerprint density at radius 2 is 2.21 bits per heavy atom. The van der Waals surface area contributed by atoms with E-state index in [9.17, 15) is 14.9 Å². The summed E-state index contributed by atoms with van der Waals surface area (Å²) in [5.74, 6) is -1.36. The molecule has 1 aliphatic heterocycles. The van der Waals surface area contributed by atoms with Crippen molar-refractivity contribution >= 4 is 33.3 Å². The first-order valence-corrected chi connectivity index (χ1v) is 6.61. The molecular weight excluding hydrogens is 316 g/mol. The van der Waals surface area contributed by atoms with Gasteiger partial charge >= 0.3 is 5.97 Å². The summed E-state index contributed by atoms with van der Waals surface area (Å²) in [7, 11) is 0. The molecule has 1 aromatic rings. The van der Waals surface area contributed by atoms with E-state index in [1.807, 2.05) is 6.92 Å². The lowest BCUT2D eigenvalue weighted by molar-refractivity contribution is -0.384. The molecule has 1 fully saturated rings. The van der Waals surface area contributed by atoms with Crippen molar-refractivity contribution in [2.24, 2.45) is 11.8 Å². The molecule has 0 bridgehead atoms. The number of nitrogens with zero attached hydrogens (tertiary/aromatic N) is 2. The molecule has 2 unspecified atom stereocenters. The fraction of sp³-hybridized carbons (Fsp3) is 0.417. The number of benzene rings is 1. The van der Waals surface area contributed by atoms with E-state index in [2.05, 4.69) is 15.9 Å². The van der Waals surface area contributed by atoms with Gasteiger partial charge in [0.1, 0.15) is 5.69 Å². The van der Waals surface area contributed by atoms with Gasteiger partial charge in [0.05, 0.1) is 10.8 Å². The summed E-state index contributed by atoms with van der Waals surface area (Å²) in [6, 6.07) is 4.81. The second kappa shape index (κ2) is 5.16. The van der Waals surface area contributed by atoms with Gasteiger partial charge < -0.3 is 10.0 Å². The van der Waals surface area contributed by atoms with Crippen molar-refractivity contribution in [1.82, 2.24) is 0 Å². The van der Waals surface area contributed by atoms with Crippen molar-refractivity contribution in [3.05, 3.63) is 32.8 Å². The summed E-state index contributed by atoms with van der Waals surface area (Å²) in [6.07, 6.45) is 0. The third-order valence-corrected chi connectivity index (χ3v) is 3.90. The molecule has 1 heterocycles. The Morgan fingerprint density at radius 3 is 2.74 bits per heavy atom. The first-order chi connectivity index (χ1) is 8.90. The van der Waals surface area contributed by atoms with Crippen LogP contribution < -0.4 is 4.90 Å². The number of carbonyl (C=O) groups is 1. The van der Waals surface area contributed by atoms with Crippen LogP contribution in [-0.2, 0) is 4.79 Å². The smallest absolute Gasteiger partial charge is 0.308 e. The Kier molecular flexibility index (Phi) is 3.75. The van der Waals surface area contributed by atoms with Crippen LogP contribution in [0.25, 0.3) is 0 Å². The van der Waals surface area contributed by atoms with Crippen LogP contribution in [0.5, 0.6) is 0 Å². The zero-order valence-electron chi connectivity index (χ0n) is 10.2. The maximum Gasteiger partial charge on any atom is 0.308 e. The average molecular weight is 329 g/mol. The Balaban J connectivity index is 2.33. The van der Waals surface area contributed by atoms with Crippen LogP contribution in [0.2, 0.25) is 0 Å². The van der Waals surface area contributed by atoms with Gasteiger partial charge in [-0.1, -0.05) is 22.9 Å². The molecule has 7 heteroatoms. The zero-order chi connectivity index (χ0) is 14.2. The highest BCUT2D eigenvalue weighted by Gasteiger charge is 2.36. The quantitative estimate of drug-likeness (QED) is 0.680. The lowest BCUT2D eigenvalue weighted by Gasteiger charge is -2.18. The molecule has 2 rings (SSSR count). The van der Waals surface area contributed by atoms with Crippen molar-refractivity contribution in [3.8, 4) is 0 Å². The Hall–Kier alpha value is -1.63. The third kappa shape index (κ3) is 2.70. The molecular formula is C12H13BrN2O4. The zero-order valence-corrected chi connectivity index (χ0v) is 11.8. The molecule has 0 spiro atoms. The van der Waals surface area contributed by atoms with Crippen LogP contribution in [-0.4, -0.2) is 29.1 Å². The first-order valence-electron chi connectivity index (χ1n) is 5.82. The number of hydrogen-bond acceptors (Lipinski definition) is 4. The second-order valence-electron chi connectivity index (χ2n) is 4.72. The van der Waals surface area contributed by atoms with Crippen molar-refractivity contribution in [2.75, 3.05) is 18.0 Å². The number of rotatable bonds is 3. The number of halogens is 1. The van der Waals surface area contributed by atoms with E-state index in [4.69, 9.17) is 5.11 Å². The first kappa shape index (κ1) is 13.8. The fourth-order valence-corrected chi connectivity index (χ4v) is 2.74. The van der Waals surface area contributed by atoms with Crippen molar-refractivity contribution in [2.45, 2.75) is 6.92 Å². The molecule has 0 saturated carbocycles. The summed E-state index contributed by atoms with van der Waals surface area (Å²) in [5.41, 5.74) is 0.469. The molecule has 1 saturated heterocycles. The number of nitro groups is 1. The van der Waals surface area contributed by atoms with Crippen molar-refractivity contribution in [1.29, 1.82) is 0 Å². The van der Waals surface area contributed by atoms with Gasteiger partial charge in [-0.05, 0) is 18.1 Å². The molecule has 6 nitrogen and oxygen atoms in total. The second-order valence-corrected chi connectivity index (χ2v) is 5.63. The van der Waals surface area contributed by atoms with Crippen molar-refractivity contribution < 1.29 is 14.8 Å². The summed E-state index contributed by atoms with van der Waals surface area (Å²) < 4.78 is 0.630. The van der Waals surface area contributed by atoms with Gasteiger partial charge in [0.25, 0.3) is 5.69 Å². The topological polar surface area (TPSA) is 83.7 Å². The van der Waals surface area contributed by atoms with E-state index in [-0.39, 0.29) is 11.6 Å². The van der Waals surface area contributed by atoms with Crippen molar-refractivity contribution in [3.63, 3.8) is 0 Å². The van der Waals surface area contributed by atoms with Crippen LogP contribution in [0.1, 0.15) is 6.92 Å². The van der Waals surface area contributed by atoms with Crippen LogP contribution >= 0.6 is 15.9 Å². The van der Waals surface area contributed by atoms with E-state index in [0.29, 0.717) is 23.2 Å². The minimum absolute atomic E-state index is 0.00684. The van der Waals surface area contributed by atoms with Crippen LogP contribution in [0.3, 0.4) is 0 Å². The molecule has 0 radical (unpaired) electrons. The molecule has 1 aliphatic rings. The number of carboxylic acid groups (broad SMARTS) is 1. The summed E-state index contributed by atoms with van der Waals surface area (Å²) in [6.45, 7) is 2.67. The predicted octanol–water partition coefficient (Wildman–Crippen LogP) is 2.51. The normalized spacial score (nSPS) is 22.5. The average Bonchev–Trinajstić information content (AvgIpc) is 2.71. The van der Waals surface area contributed by atoms with Crippen LogP contribution in [0.4, 0.5) is 11.4 Å². The highest BCUT2D eigenvalue weighted by molar-refractivity contribution is 9.10. The van der Waals surface area contributed by atoms with Crippen LogP contribution in [0, 0.1) is 22.0 Å². The van der Waals surface area contributed by atoms with E-state index in [1.165, 1.54) is 6.07 Å². The fourth-order valence-electron chi connectivity index (χ4n) is 2.40. The molecule has 19 heavy (non-hydrogen) atoms. The Bertz CT molecular complexity index is 534. The summed E-state index contributed by atoms with van der Waals surface area (Å²) >= 11 is 3.20. The lowest BCUT2D eigenvalue weighted by Crippen LogP contribution is -2.23. The molecule has 102 valence electrons. The molecule has 1 aromatic carbocycles. The van der Waals surface area contributed by atoms with Gasteiger partial charge in [0.15, 0.2) is 0 Å². The lowest BCUT2D eigenvalue weighted by atomic mass is 9.99. The number of hydrogen-bond donors (Lipinski definition) is 1. The van der Waals surface area contributed by atoms with Gasteiger partial charge in [-0.3, -0.25) is 14.9 Å². The standard InChI is InChI=1S/C12H13BrN2O4/c1-7-5-14(6-9(7)12(16)17)10-3-2-8(13)4-11(10)15(18)19/h2-4,7,9H,5-6H2,1H3,(H,16,17).